The Hall–Kier alpha value is 0.781. The van der Waals surface area contributed by atoms with Crippen LogP contribution < -0.4 is 24.8 Å². The number of rotatable bonds is 4. The second-order valence-corrected chi connectivity index (χ2v) is 16.0. The van der Waals surface area contributed by atoms with Crippen LogP contribution in [0, 0.1) is 16.9 Å². The van der Waals surface area contributed by atoms with Crippen molar-refractivity contribution in [3.05, 3.63) is 47.1 Å². The van der Waals surface area contributed by atoms with Gasteiger partial charge in [0.1, 0.15) is 0 Å². The Morgan fingerprint density at radius 3 is 2.00 bits per heavy atom. The zero-order valence-corrected chi connectivity index (χ0v) is 23.7. The van der Waals surface area contributed by atoms with Crippen LogP contribution in [0.4, 0.5) is 0 Å². The second kappa shape index (κ2) is 10.9. The third-order valence-corrected chi connectivity index (χ3v) is 7.81. The Morgan fingerprint density at radius 1 is 1.04 bits per heavy atom. The van der Waals surface area contributed by atoms with E-state index in [4.69, 9.17) is 3.87 Å². The van der Waals surface area contributed by atoms with Gasteiger partial charge in [-0.2, -0.15) is 6.08 Å². The molecule has 1 atom stereocenters. The van der Waals surface area contributed by atoms with Crippen LogP contribution in [-0.4, -0.2) is 13.1 Å². The van der Waals surface area contributed by atoms with E-state index < -0.39 is 8.32 Å². The SMILES string of the molecule is CC(C)(C)C1=CCC(SO[Si](C)(C)C)(C2=[C-]CC=C2)C(C(C)(C)C)=C1.[Cl-].[Cl-].[Ti+3]. The first-order valence-electron chi connectivity index (χ1n) is 9.34. The van der Waals surface area contributed by atoms with Gasteiger partial charge in [-0.15, -0.1) is 6.42 Å². The summed E-state index contributed by atoms with van der Waals surface area (Å²) in [6.07, 6.45) is 14.9. The van der Waals surface area contributed by atoms with E-state index in [9.17, 15) is 0 Å². The van der Waals surface area contributed by atoms with Crippen molar-refractivity contribution in [2.75, 3.05) is 0 Å². The maximum Gasteiger partial charge on any atom is 3.00 e. The van der Waals surface area contributed by atoms with E-state index in [1.54, 1.807) is 12.0 Å². The Morgan fingerprint density at radius 2 is 1.61 bits per heavy atom. The van der Waals surface area contributed by atoms with Gasteiger partial charge in [-0.05, 0) is 60.1 Å². The minimum atomic E-state index is -1.63. The molecule has 2 rings (SSSR count). The van der Waals surface area contributed by atoms with Gasteiger partial charge in [0.05, 0.1) is 4.75 Å². The number of hydrogen-bond acceptors (Lipinski definition) is 2. The summed E-state index contributed by atoms with van der Waals surface area (Å²) >= 11 is 1.69. The van der Waals surface area contributed by atoms with Crippen molar-refractivity contribution in [2.24, 2.45) is 10.8 Å². The minimum Gasteiger partial charge on any atom is -1.00 e. The van der Waals surface area contributed by atoms with Gasteiger partial charge in [-0.3, -0.25) is 6.08 Å². The molecule has 2 aliphatic rings. The van der Waals surface area contributed by atoms with Gasteiger partial charge < -0.3 is 28.7 Å². The first kappa shape index (κ1) is 31.0. The molecule has 0 spiro atoms. The van der Waals surface area contributed by atoms with E-state index in [1.165, 1.54) is 16.7 Å². The molecule has 1 radical (unpaired) electrons. The van der Waals surface area contributed by atoms with Crippen LogP contribution in [0.2, 0.25) is 19.6 Å². The van der Waals surface area contributed by atoms with Crippen molar-refractivity contribution in [1.29, 1.82) is 0 Å². The predicted octanol–water partition coefficient (Wildman–Crippen LogP) is 1.27. The van der Waals surface area contributed by atoms with Gasteiger partial charge in [-0.1, -0.05) is 53.7 Å². The summed E-state index contributed by atoms with van der Waals surface area (Å²) in [5.74, 6) is 0. The molecule has 0 aromatic carbocycles. The predicted molar refractivity (Wildman–Crippen MR) is 115 cm³/mol. The smallest absolute Gasteiger partial charge is 1.00 e. The van der Waals surface area contributed by atoms with Gasteiger partial charge in [-0.25, -0.2) is 11.6 Å². The van der Waals surface area contributed by atoms with Crippen LogP contribution in [0.1, 0.15) is 54.4 Å². The Bertz CT molecular complexity index is 649. The van der Waals surface area contributed by atoms with E-state index >= 15 is 0 Å². The maximum absolute atomic E-state index is 6.42. The van der Waals surface area contributed by atoms with Crippen molar-refractivity contribution in [3.8, 4) is 0 Å². The van der Waals surface area contributed by atoms with Crippen LogP contribution >= 0.6 is 12.0 Å². The van der Waals surface area contributed by atoms with Gasteiger partial charge in [0.25, 0.3) is 0 Å². The third-order valence-electron chi connectivity index (χ3n) is 4.58. The average Bonchev–Trinajstić information content (AvgIpc) is 2.96. The zero-order valence-electron chi connectivity index (χ0n) is 18.8. The van der Waals surface area contributed by atoms with Crippen LogP contribution in [-0.2, 0) is 25.6 Å². The largest absolute Gasteiger partial charge is 3.00 e. The molecular weight excluding hydrogens is 459 g/mol. The molecule has 0 saturated carbocycles. The van der Waals surface area contributed by atoms with Crippen LogP contribution in [0.3, 0.4) is 0 Å². The standard InChI is InChI=1S/C22H35OSSi.2ClH.Ti/c1-20(2,3)18-14-15-22(17-12-10-11-13-17,24-23-25(7,8)9)19(16-18)21(4,5)6;;;/h10,12,14,16H,11,15H2,1-9H3;2*1H;/q-1;;;+3/p-2. The van der Waals surface area contributed by atoms with Crippen molar-refractivity contribution in [1.82, 2.24) is 0 Å². The molecule has 1 unspecified atom stereocenters. The Balaban J connectivity index is 0. The summed E-state index contributed by atoms with van der Waals surface area (Å²) in [5.41, 5.74) is 4.43. The molecule has 0 bridgehead atoms. The van der Waals surface area contributed by atoms with Gasteiger partial charge in [0.2, 0.25) is 8.32 Å². The van der Waals surface area contributed by atoms with E-state index in [0.29, 0.717) is 0 Å². The zero-order chi connectivity index (χ0) is 19.1. The molecular formula is C22H35Cl2OSSiTi. The topological polar surface area (TPSA) is 9.23 Å². The van der Waals surface area contributed by atoms with E-state index in [0.717, 1.165) is 12.8 Å². The summed E-state index contributed by atoms with van der Waals surface area (Å²) in [6.45, 7) is 20.7. The van der Waals surface area contributed by atoms with Crippen molar-refractivity contribution >= 4 is 20.4 Å². The quantitative estimate of drug-likeness (QED) is 0.331. The average molecular weight is 494 g/mol. The molecule has 0 heterocycles. The molecule has 2 aliphatic carbocycles. The molecule has 0 saturated heterocycles. The summed E-state index contributed by atoms with van der Waals surface area (Å²) in [7, 11) is -1.63. The van der Waals surface area contributed by atoms with Crippen LogP contribution in [0.25, 0.3) is 0 Å². The van der Waals surface area contributed by atoms with Gasteiger partial charge in [0, 0.05) is 0 Å². The first-order valence-corrected chi connectivity index (χ1v) is 13.5. The molecule has 6 heteroatoms. The van der Waals surface area contributed by atoms with Crippen LogP contribution in [0.15, 0.2) is 41.0 Å². The molecule has 0 aromatic rings. The van der Waals surface area contributed by atoms with E-state index in [2.05, 4.69) is 91.6 Å². The normalized spacial score (nSPS) is 22.2. The molecule has 28 heavy (non-hydrogen) atoms. The first-order chi connectivity index (χ1) is 11.3. The maximum atomic E-state index is 6.42. The van der Waals surface area contributed by atoms with Crippen molar-refractivity contribution in [3.63, 3.8) is 0 Å². The summed E-state index contributed by atoms with van der Waals surface area (Å²) < 4.78 is 6.27. The molecule has 0 fully saturated rings. The number of hydrogen-bond donors (Lipinski definition) is 0. The minimum absolute atomic E-state index is 0. The van der Waals surface area contributed by atoms with Crippen LogP contribution in [0.5, 0.6) is 0 Å². The third kappa shape index (κ3) is 7.48. The fraction of sp³-hybridized carbons (Fsp3) is 0.636. The summed E-state index contributed by atoms with van der Waals surface area (Å²) in [4.78, 5) is 0. The molecule has 1 nitrogen and oxygen atoms in total. The fourth-order valence-electron chi connectivity index (χ4n) is 3.30. The van der Waals surface area contributed by atoms with Gasteiger partial charge >= 0.3 is 21.7 Å². The summed E-state index contributed by atoms with van der Waals surface area (Å²) in [6, 6.07) is 0. The van der Waals surface area contributed by atoms with Gasteiger partial charge in [0.15, 0.2) is 0 Å². The second-order valence-electron chi connectivity index (χ2n) is 10.2. The molecule has 0 aromatic heterocycles. The van der Waals surface area contributed by atoms with E-state index in [-0.39, 0.29) is 62.1 Å². The molecule has 0 N–H and O–H groups in total. The van der Waals surface area contributed by atoms with E-state index in [1.807, 2.05) is 0 Å². The van der Waals surface area contributed by atoms with Crippen molar-refractivity contribution in [2.45, 2.75) is 78.8 Å². The van der Waals surface area contributed by atoms with Crippen molar-refractivity contribution < 1.29 is 50.4 Å². The molecule has 0 aliphatic heterocycles. The fourth-order valence-corrected chi connectivity index (χ4v) is 5.70. The summed E-state index contributed by atoms with van der Waals surface area (Å²) in [5, 5.41) is 0. The monoisotopic (exact) mass is 493 g/mol. The molecule has 157 valence electrons. The number of halogens is 2. The Labute approximate surface area is 206 Å². The Kier molecular flexibility index (Phi) is 12.0. The molecule has 0 amide bonds. The number of allylic oxidation sites excluding steroid dienone is 6.